The maximum Gasteiger partial charge on any atom is 0.157 e. The van der Waals surface area contributed by atoms with Crippen LogP contribution >= 0.6 is 23.7 Å². The van der Waals surface area contributed by atoms with Gasteiger partial charge in [0.1, 0.15) is 0 Å². The van der Waals surface area contributed by atoms with Crippen LogP contribution in [0.15, 0.2) is 6.20 Å². The molecule has 3 nitrogen and oxygen atoms in total. The minimum atomic E-state index is 0. The van der Waals surface area contributed by atoms with Crippen LogP contribution in [0.1, 0.15) is 9.88 Å². The van der Waals surface area contributed by atoms with Gasteiger partial charge in [-0.3, -0.25) is 5.41 Å². The third-order valence-corrected chi connectivity index (χ3v) is 1.80. The number of hydrogen-bond acceptors (Lipinski definition) is 3. The minimum absolute atomic E-state index is 0. The van der Waals surface area contributed by atoms with Crippen molar-refractivity contribution in [3.8, 4) is 0 Å². The van der Waals surface area contributed by atoms with Crippen LogP contribution in [0.4, 0.5) is 0 Å². The Labute approximate surface area is 69.2 Å². The van der Waals surface area contributed by atoms with E-state index in [4.69, 9.17) is 11.1 Å². The molecule has 0 spiro atoms. The van der Waals surface area contributed by atoms with Crippen molar-refractivity contribution in [1.82, 2.24) is 4.98 Å². The lowest BCUT2D eigenvalue weighted by Crippen LogP contribution is -2.09. The summed E-state index contributed by atoms with van der Waals surface area (Å²) < 4.78 is 0. The SMILES string of the molecule is Cc1cnc(C(=N)N)s1.Cl. The van der Waals surface area contributed by atoms with Gasteiger partial charge in [-0.2, -0.15) is 0 Å². The zero-order chi connectivity index (χ0) is 6.85. The third kappa shape index (κ3) is 1.97. The molecule has 0 aliphatic rings. The summed E-state index contributed by atoms with van der Waals surface area (Å²) in [6.45, 7) is 1.93. The molecular formula is C5H8ClN3S. The van der Waals surface area contributed by atoms with Crippen LogP contribution in [0.25, 0.3) is 0 Å². The van der Waals surface area contributed by atoms with Crippen molar-refractivity contribution in [3.05, 3.63) is 16.1 Å². The summed E-state index contributed by atoms with van der Waals surface area (Å²) in [5.41, 5.74) is 5.16. The Morgan fingerprint density at radius 2 is 2.40 bits per heavy atom. The van der Waals surface area contributed by atoms with Gasteiger partial charge in [-0.15, -0.1) is 23.7 Å². The molecule has 56 valence electrons. The predicted octanol–water partition coefficient (Wildman–Crippen LogP) is 1.16. The van der Waals surface area contributed by atoms with Crippen LogP contribution in [0.3, 0.4) is 0 Å². The topological polar surface area (TPSA) is 62.8 Å². The quantitative estimate of drug-likeness (QED) is 0.500. The van der Waals surface area contributed by atoms with Gasteiger partial charge in [0, 0.05) is 11.1 Å². The van der Waals surface area contributed by atoms with E-state index in [1.807, 2.05) is 6.92 Å². The van der Waals surface area contributed by atoms with Crippen LogP contribution in [-0.2, 0) is 0 Å². The third-order valence-electron chi connectivity index (χ3n) is 0.852. The Kier molecular flexibility index (Phi) is 3.32. The molecule has 0 aliphatic heterocycles. The second-order valence-electron chi connectivity index (χ2n) is 1.69. The van der Waals surface area contributed by atoms with E-state index in [0.717, 1.165) is 4.88 Å². The maximum absolute atomic E-state index is 6.97. The maximum atomic E-state index is 6.97. The Morgan fingerprint density at radius 3 is 2.60 bits per heavy atom. The molecule has 0 saturated heterocycles. The lowest BCUT2D eigenvalue weighted by Gasteiger charge is -1.84. The number of nitrogens with one attached hydrogen (secondary N) is 1. The number of halogens is 1. The molecule has 5 heteroatoms. The monoisotopic (exact) mass is 177 g/mol. The van der Waals surface area contributed by atoms with Gasteiger partial charge in [-0.1, -0.05) is 0 Å². The number of thiazole rings is 1. The second kappa shape index (κ2) is 3.53. The first-order chi connectivity index (χ1) is 4.20. The smallest absolute Gasteiger partial charge is 0.157 e. The molecule has 0 bridgehead atoms. The van der Waals surface area contributed by atoms with Crippen molar-refractivity contribution in [2.45, 2.75) is 6.92 Å². The first kappa shape index (κ1) is 9.39. The average molecular weight is 178 g/mol. The number of rotatable bonds is 1. The van der Waals surface area contributed by atoms with Gasteiger partial charge in [0.15, 0.2) is 10.8 Å². The van der Waals surface area contributed by atoms with Gasteiger partial charge in [0.05, 0.1) is 0 Å². The Bertz CT molecular complexity index is 233. The first-order valence-corrected chi connectivity index (χ1v) is 3.28. The van der Waals surface area contributed by atoms with E-state index >= 15 is 0 Å². The number of hydrogen-bond donors (Lipinski definition) is 2. The Balaban J connectivity index is 0.000000810. The summed E-state index contributed by atoms with van der Waals surface area (Å²) in [7, 11) is 0. The number of amidine groups is 1. The van der Waals surface area contributed by atoms with Gasteiger partial charge in [0.2, 0.25) is 0 Å². The molecule has 10 heavy (non-hydrogen) atoms. The van der Waals surface area contributed by atoms with Crippen LogP contribution in [0.5, 0.6) is 0 Å². The molecule has 3 N–H and O–H groups in total. The van der Waals surface area contributed by atoms with Crippen LogP contribution in [-0.4, -0.2) is 10.8 Å². The summed E-state index contributed by atoms with van der Waals surface area (Å²) in [5, 5.41) is 7.58. The van der Waals surface area contributed by atoms with Crippen molar-refractivity contribution in [1.29, 1.82) is 5.41 Å². The van der Waals surface area contributed by atoms with Crippen molar-refractivity contribution >= 4 is 29.6 Å². The fraction of sp³-hybridized carbons (Fsp3) is 0.200. The Hall–Kier alpha value is -0.610. The number of aryl methyl sites for hydroxylation is 1. The van der Waals surface area contributed by atoms with Crippen LogP contribution < -0.4 is 5.73 Å². The van der Waals surface area contributed by atoms with Crippen LogP contribution in [0, 0.1) is 12.3 Å². The molecule has 0 aliphatic carbocycles. The number of nitrogens with two attached hydrogens (primary N) is 1. The largest absolute Gasteiger partial charge is 0.382 e. The highest BCUT2D eigenvalue weighted by molar-refractivity contribution is 7.13. The molecule has 0 aromatic carbocycles. The molecule has 0 unspecified atom stereocenters. The van der Waals surface area contributed by atoms with Gasteiger partial charge < -0.3 is 5.73 Å². The second-order valence-corrected chi connectivity index (χ2v) is 2.92. The van der Waals surface area contributed by atoms with E-state index in [2.05, 4.69) is 4.98 Å². The lowest BCUT2D eigenvalue weighted by atomic mass is 10.6. The van der Waals surface area contributed by atoms with Crippen molar-refractivity contribution in [2.75, 3.05) is 0 Å². The number of nitrogen functional groups attached to an aromatic ring is 1. The molecule has 0 amide bonds. The standard InChI is InChI=1S/C5H7N3S.ClH/c1-3-2-8-5(9-3)4(6)7;/h2H,1H3,(H3,6,7);1H. The molecule has 0 saturated carbocycles. The molecule has 0 radical (unpaired) electrons. The zero-order valence-electron chi connectivity index (χ0n) is 5.42. The molecule has 1 heterocycles. The van der Waals surface area contributed by atoms with Crippen molar-refractivity contribution < 1.29 is 0 Å². The highest BCUT2D eigenvalue weighted by atomic mass is 35.5. The molecular weight excluding hydrogens is 170 g/mol. The summed E-state index contributed by atoms with van der Waals surface area (Å²) in [6, 6.07) is 0. The van der Waals surface area contributed by atoms with Gasteiger partial charge in [-0.05, 0) is 6.92 Å². The van der Waals surface area contributed by atoms with Gasteiger partial charge in [0.25, 0.3) is 0 Å². The van der Waals surface area contributed by atoms with Crippen molar-refractivity contribution in [3.63, 3.8) is 0 Å². The molecule has 1 rings (SSSR count). The number of nitrogens with zero attached hydrogens (tertiary/aromatic N) is 1. The van der Waals surface area contributed by atoms with E-state index in [1.54, 1.807) is 6.20 Å². The summed E-state index contributed by atoms with van der Waals surface area (Å²) in [6.07, 6.45) is 1.71. The van der Waals surface area contributed by atoms with Gasteiger partial charge >= 0.3 is 0 Å². The normalized spacial score (nSPS) is 8.50. The van der Waals surface area contributed by atoms with E-state index in [9.17, 15) is 0 Å². The zero-order valence-corrected chi connectivity index (χ0v) is 7.05. The minimum Gasteiger partial charge on any atom is -0.382 e. The van der Waals surface area contributed by atoms with E-state index in [-0.39, 0.29) is 18.2 Å². The highest BCUT2D eigenvalue weighted by Crippen LogP contribution is 2.09. The summed E-state index contributed by atoms with van der Waals surface area (Å²) >= 11 is 1.44. The molecule has 0 fully saturated rings. The van der Waals surface area contributed by atoms with Crippen LogP contribution in [0.2, 0.25) is 0 Å². The first-order valence-electron chi connectivity index (χ1n) is 2.47. The summed E-state index contributed by atoms with van der Waals surface area (Å²) in [5.74, 6) is 0.0492. The highest BCUT2D eigenvalue weighted by Gasteiger charge is 1.98. The van der Waals surface area contributed by atoms with E-state index in [1.165, 1.54) is 11.3 Å². The summed E-state index contributed by atoms with van der Waals surface area (Å²) in [4.78, 5) is 4.97. The fourth-order valence-electron chi connectivity index (χ4n) is 0.479. The average Bonchev–Trinajstić information content (AvgIpc) is 2.14. The molecule has 1 aromatic rings. The van der Waals surface area contributed by atoms with E-state index in [0.29, 0.717) is 5.01 Å². The predicted molar refractivity (Wildman–Crippen MR) is 45.1 cm³/mol. The fourth-order valence-corrected chi connectivity index (χ4v) is 1.10. The van der Waals surface area contributed by atoms with Crippen molar-refractivity contribution in [2.24, 2.45) is 5.73 Å². The van der Waals surface area contributed by atoms with E-state index < -0.39 is 0 Å². The lowest BCUT2D eigenvalue weighted by molar-refractivity contribution is 1.32. The molecule has 1 aromatic heterocycles. The number of aromatic nitrogens is 1. The Morgan fingerprint density at radius 1 is 1.80 bits per heavy atom. The molecule has 0 atom stereocenters. The van der Waals surface area contributed by atoms with Gasteiger partial charge in [-0.25, -0.2) is 4.98 Å².